The van der Waals surface area contributed by atoms with Crippen molar-refractivity contribution in [2.45, 2.75) is 19.3 Å². The Morgan fingerprint density at radius 1 is 1.50 bits per heavy atom. The van der Waals surface area contributed by atoms with E-state index in [2.05, 4.69) is 5.38 Å². The third-order valence-electron chi connectivity index (χ3n) is 2.64. The van der Waals surface area contributed by atoms with E-state index in [1.807, 2.05) is 11.4 Å². The average Bonchev–Trinajstić information content (AvgIpc) is 2.72. The molecule has 0 aromatic carbocycles. The van der Waals surface area contributed by atoms with Gasteiger partial charge in [0, 0.05) is 25.6 Å². The van der Waals surface area contributed by atoms with Gasteiger partial charge in [-0.25, -0.2) is 0 Å². The van der Waals surface area contributed by atoms with Gasteiger partial charge in [0.05, 0.1) is 0 Å². The summed E-state index contributed by atoms with van der Waals surface area (Å²) in [5.41, 5.74) is 1.16. The van der Waals surface area contributed by atoms with Crippen LogP contribution in [0.5, 0.6) is 0 Å². The minimum absolute atomic E-state index is 0.239. The molecule has 1 aromatic rings. The average molecular weight is 210 g/mol. The molecule has 0 unspecified atom stereocenters. The molecule has 0 bridgehead atoms. The van der Waals surface area contributed by atoms with Crippen molar-refractivity contribution in [2.24, 2.45) is 5.92 Å². The summed E-state index contributed by atoms with van der Waals surface area (Å²) in [7, 11) is 0. The fourth-order valence-corrected chi connectivity index (χ4v) is 2.43. The molecule has 76 valence electrons. The largest absolute Gasteiger partial charge is 0.381 e. The summed E-state index contributed by atoms with van der Waals surface area (Å²) in [5.74, 6) is 0.621. The van der Waals surface area contributed by atoms with Crippen LogP contribution in [-0.4, -0.2) is 19.0 Å². The Morgan fingerprint density at radius 3 is 2.93 bits per heavy atom. The van der Waals surface area contributed by atoms with E-state index in [4.69, 9.17) is 4.74 Å². The van der Waals surface area contributed by atoms with Gasteiger partial charge in [0.25, 0.3) is 0 Å². The van der Waals surface area contributed by atoms with Crippen LogP contribution in [0.25, 0.3) is 0 Å². The standard InChI is InChI=1S/C11H14O2S/c12-11(7-9-3-6-14-8-9)10-1-4-13-5-2-10/h3,6,8,10H,1-2,4-5,7H2. The van der Waals surface area contributed by atoms with Crippen molar-refractivity contribution in [3.05, 3.63) is 22.4 Å². The quantitative estimate of drug-likeness (QED) is 0.765. The summed E-state index contributed by atoms with van der Waals surface area (Å²) in [4.78, 5) is 11.8. The van der Waals surface area contributed by atoms with E-state index in [1.165, 1.54) is 0 Å². The molecule has 0 atom stereocenters. The number of hydrogen-bond acceptors (Lipinski definition) is 3. The van der Waals surface area contributed by atoms with Gasteiger partial charge in [-0.2, -0.15) is 11.3 Å². The monoisotopic (exact) mass is 210 g/mol. The Balaban J connectivity index is 1.88. The fourth-order valence-electron chi connectivity index (χ4n) is 1.76. The van der Waals surface area contributed by atoms with Gasteiger partial charge in [-0.15, -0.1) is 0 Å². The van der Waals surface area contributed by atoms with Crippen LogP contribution in [-0.2, 0) is 16.0 Å². The first-order chi connectivity index (χ1) is 6.86. The third kappa shape index (κ3) is 2.42. The highest BCUT2D eigenvalue weighted by Crippen LogP contribution is 2.18. The molecule has 1 aliphatic rings. The maximum Gasteiger partial charge on any atom is 0.140 e. The molecule has 0 radical (unpaired) electrons. The van der Waals surface area contributed by atoms with Crippen LogP contribution in [0.4, 0.5) is 0 Å². The number of hydrogen-bond donors (Lipinski definition) is 0. The number of ether oxygens (including phenoxy) is 1. The van der Waals surface area contributed by atoms with Gasteiger partial charge < -0.3 is 4.74 Å². The molecule has 0 saturated carbocycles. The molecular weight excluding hydrogens is 196 g/mol. The normalized spacial score (nSPS) is 18.3. The maximum absolute atomic E-state index is 11.8. The topological polar surface area (TPSA) is 26.3 Å². The molecule has 1 aliphatic heterocycles. The van der Waals surface area contributed by atoms with E-state index in [0.717, 1.165) is 31.6 Å². The van der Waals surface area contributed by atoms with Crippen LogP contribution < -0.4 is 0 Å². The summed E-state index contributed by atoms with van der Waals surface area (Å²) in [6.45, 7) is 1.50. The van der Waals surface area contributed by atoms with E-state index >= 15 is 0 Å². The number of carbonyl (C=O) groups excluding carboxylic acids is 1. The Bertz CT molecular complexity index is 286. The predicted octanol–water partition coefficient (Wildman–Crippen LogP) is 2.29. The second kappa shape index (κ2) is 4.71. The molecule has 0 spiro atoms. The van der Waals surface area contributed by atoms with Crippen molar-refractivity contribution in [3.8, 4) is 0 Å². The van der Waals surface area contributed by atoms with E-state index in [-0.39, 0.29) is 5.92 Å². The maximum atomic E-state index is 11.8. The minimum Gasteiger partial charge on any atom is -0.381 e. The lowest BCUT2D eigenvalue weighted by Crippen LogP contribution is -2.24. The lowest BCUT2D eigenvalue weighted by molar-refractivity contribution is -0.125. The molecule has 1 fully saturated rings. The zero-order valence-electron chi connectivity index (χ0n) is 8.07. The molecule has 3 heteroatoms. The van der Waals surface area contributed by atoms with E-state index in [1.54, 1.807) is 11.3 Å². The van der Waals surface area contributed by atoms with Gasteiger partial charge in [0.15, 0.2) is 0 Å². The number of Topliss-reactive ketones (excluding diaryl/α,β-unsaturated/α-hetero) is 1. The van der Waals surface area contributed by atoms with Crippen LogP contribution in [0, 0.1) is 5.92 Å². The highest BCUT2D eigenvalue weighted by Gasteiger charge is 2.21. The van der Waals surface area contributed by atoms with Crippen LogP contribution in [0.1, 0.15) is 18.4 Å². The fraction of sp³-hybridized carbons (Fsp3) is 0.545. The summed E-state index contributed by atoms with van der Waals surface area (Å²) in [6, 6.07) is 2.03. The number of carbonyl (C=O) groups is 1. The molecule has 1 saturated heterocycles. The van der Waals surface area contributed by atoms with Gasteiger partial charge >= 0.3 is 0 Å². The molecule has 1 aromatic heterocycles. The number of thiophene rings is 1. The lowest BCUT2D eigenvalue weighted by atomic mass is 9.92. The van der Waals surface area contributed by atoms with Crippen molar-refractivity contribution < 1.29 is 9.53 Å². The zero-order chi connectivity index (χ0) is 9.80. The second-order valence-electron chi connectivity index (χ2n) is 3.66. The minimum atomic E-state index is 0.239. The summed E-state index contributed by atoms with van der Waals surface area (Å²) in [6.07, 6.45) is 2.42. The molecule has 0 N–H and O–H groups in total. The van der Waals surface area contributed by atoms with E-state index in [9.17, 15) is 4.79 Å². The summed E-state index contributed by atoms with van der Waals surface area (Å²) in [5, 5.41) is 4.07. The highest BCUT2D eigenvalue weighted by molar-refractivity contribution is 7.07. The summed E-state index contributed by atoms with van der Waals surface area (Å²) < 4.78 is 5.23. The lowest BCUT2D eigenvalue weighted by Gasteiger charge is -2.20. The first-order valence-corrected chi connectivity index (χ1v) is 5.92. The van der Waals surface area contributed by atoms with Crippen LogP contribution in [0.15, 0.2) is 16.8 Å². The molecule has 2 heterocycles. The van der Waals surface area contributed by atoms with Gasteiger partial charge in [-0.05, 0) is 35.2 Å². The van der Waals surface area contributed by atoms with E-state index in [0.29, 0.717) is 12.2 Å². The van der Waals surface area contributed by atoms with Crippen molar-refractivity contribution in [2.75, 3.05) is 13.2 Å². The third-order valence-corrected chi connectivity index (χ3v) is 3.37. The molecule has 0 amide bonds. The van der Waals surface area contributed by atoms with Crippen molar-refractivity contribution in [1.29, 1.82) is 0 Å². The van der Waals surface area contributed by atoms with Crippen molar-refractivity contribution in [3.63, 3.8) is 0 Å². The SMILES string of the molecule is O=C(Cc1ccsc1)C1CCOCC1. The molecule has 2 rings (SSSR count). The Hall–Kier alpha value is -0.670. The Kier molecular flexibility index (Phi) is 3.32. The van der Waals surface area contributed by atoms with Crippen LogP contribution in [0.3, 0.4) is 0 Å². The molecule has 2 nitrogen and oxygen atoms in total. The molecule has 0 aliphatic carbocycles. The van der Waals surface area contributed by atoms with Crippen molar-refractivity contribution >= 4 is 17.1 Å². The number of rotatable bonds is 3. The highest BCUT2D eigenvalue weighted by atomic mass is 32.1. The smallest absolute Gasteiger partial charge is 0.140 e. The van der Waals surface area contributed by atoms with Crippen molar-refractivity contribution in [1.82, 2.24) is 0 Å². The van der Waals surface area contributed by atoms with Gasteiger partial charge in [-0.1, -0.05) is 0 Å². The second-order valence-corrected chi connectivity index (χ2v) is 4.44. The molecular formula is C11H14O2S. The van der Waals surface area contributed by atoms with Crippen LogP contribution in [0.2, 0.25) is 0 Å². The zero-order valence-corrected chi connectivity index (χ0v) is 8.89. The Morgan fingerprint density at radius 2 is 2.29 bits per heavy atom. The first-order valence-electron chi connectivity index (χ1n) is 4.98. The predicted molar refractivity (Wildman–Crippen MR) is 56.6 cm³/mol. The summed E-state index contributed by atoms with van der Waals surface area (Å²) >= 11 is 1.65. The van der Waals surface area contributed by atoms with E-state index < -0.39 is 0 Å². The van der Waals surface area contributed by atoms with Gasteiger partial charge in [0.2, 0.25) is 0 Å². The first kappa shape index (κ1) is 9.87. The van der Waals surface area contributed by atoms with Gasteiger partial charge in [-0.3, -0.25) is 4.79 Å². The van der Waals surface area contributed by atoms with Crippen LogP contribution >= 0.6 is 11.3 Å². The molecule has 14 heavy (non-hydrogen) atoms. The number of ketones is 1. The Labute approximate surface area is 87.9 Å². The van der Waals surface area contributed by atoms with Gasteiger partial charge in [0.1, 0.15) is 5.78 Å².